The molecular formula is C18H23ClN6OS. The lowest BCUT2D eigenvalue weighted by molar-refractivity contribution is -0.122. The van der Waals surface area contributed by atoms with Crippen molar-refractivity contribution in [1.29, 1.82) is 0 Å². The van der Waals surface area contributed by atoms with Gasteiger partial charge in [0.25, 0.3) is 5.91 Å². The molecule has 0 bridgehead atoms. The zero-order valence-corrected chi connectivity index (χ0v) is 16.9. The van der Waals surface area contributed by atoms with E-state index in [9.17, 15) is 4.79 Å². The van der Waals surface area contributed by atoms with Crippen LogP contribution in [0.25, 0.3) is 5.95 Å². The number of unbranched alkanes of at least 4 members (excludes halogenated alkanes) is 1. The second-order valence-corrected chi connectivity index (χ2v) is 8.94. The molecule has 0 fully saturated rings. The summed E-state index contributed by atoms with van der Waals surface area (Å²) in [5.74, 6) is 0.821. The normalized spacial score (nSPS) is 16.3. The monoisotopic (exact) mass is 406 g/mol. The number of halogens is 1. The Morgan fingerprint density at radius 2 is 2.11 bits per heavy atom. The standard InChI is InChI=1S/C18H23ClN6OS/c1-3-4-7-21-16(26)18(2,27-10-5-6-11-27)24-15-12-14(19)22-17(23-15)25-9-8-20-13-25/h5-6,8-13,27H,3-4,7H2,1-2H3,(H,21,26)(H,22,23,24). The number of carbonyl (C=O) groups excluding carboxylic acids is 1. The molecule has 0 radical (unpaired) electrons. The molecule has 1 amide bonds. The van der Waals surface area contributed by atoms with Crippen LogP contribution in [0.4, 0.5) is 5.82 Å². The van der Waals surface area contributed by atoms with Crippen molar-refractivity contribution >= 4 is 34.2 Å². The molecule has 3 rings (SSSR count). The second-order valence-electron chi connectivity index (χ2n) is 6.24. The number of imidazole rings is 1. The van der Waals surface area contributed by atoms with Crippen molar-refractivity contribution in [3.63, 3.8) is 0 Å². The number of hydrogen-bond donors (Lipinski definition) is 3. The van der Waals surface area contributed by atoms with Crippen LogP contribution in [0.2, 0.25) is 5.15 Å². The molecule has 0 aromatic carbocycles. The van der Waals surface area contributed by atoms with Crippen molar-refractivity contribution < 1.29 is 4.79 Å². The van der Waals surface area contributed by atoms with Crippen LogP contribution in [-0.2, 0) is 4.79 Å². The van der Waals surface area contributed by atoms with Crippen molar-refractivity contribution in [2.45, 2.75) is 31.6 Å². The Morgan fingerprint density at radius 3 is 2.78 bits per heavy atom. The third-order valence-corrected chi connectivity index (χ3v) is 6.70. The smallest absolute Gasteiger partial charge is 0.254 e. The van der Waals surface area contributed by atoms with Crippen molar-refractivity contribution in [3.05, 3.63) is 52.9 Å². The minimum absolute atomic E-state index is 0.0582. The minimum Gasteiger partial charge on any atom is -0.353 e. The first-order valence-electron chi connectivity index (χ1n) is 8.76. The van der Waals surface area contributed by atoms with Crippen molar-refractivity contribution in [2.24, 2.45) is 0 Å². The lowest BCUT2D eigenvalue weighted by atomic mass is 10.2. The summed E-state index contributed by atoms with van der Waals surface area (Å²) in [7, 11) is -0.846. The van der Waals surface area contributed by atoms with Gasteiger partial charge in [-0.3, -0.25) is 9.36 Å². The molecule has 9 heteroatoms. The number of nitrogens with one attached hydrogen (secondary N) is 2. The summed E-state index contributed by atoms with van der Waals surface area (Å²) in [5.41, 5.74) is 0. The van der Waals surface area contributed by atoms with Gasteiger partial charge < -0.3 is 10.6 Å². The zero-order valence-electron chi connectivity index (χ0n) is 15.3. The highest BCUT2D eigenvalue weighted by molar-refractivity contribution is 8.24. The Bertz CT molecular complexity index is 842. The lowest BCUT2D eigenvalue weighted by Crippen LogP contribution is -2.49. The summed E-state index contributed by atoms with van der Waals surface area (Å²) in [6.45, 7) is 4.64. The maximum absolute atomic E-state index is 13.0. The van der Waals surface area contributed by atoms with E-state index in [4.69, 9.17) is 11.6 Å². The molecule has 7 nitrogen and oxygen atoms in total. The van der Waals surface area contributed by atoms with Gasteiger partial charge in [0, 0.05) is 25.0 Å². The number of amides is 1. The van der Waals surface area contributed by atoms with E-state index in [2.05, 4.69) is 43.3 Å². The maximum Gasteiger partial charge on any atom is 0.254 e. The lowest BCUT2D eigenvalue weighted by Gasteiger charge is -2.36. The molecule has 0 spiro atoms. The molecule has 2 aromatic heterocycles. The molecule has 144 valence electrons. The molecule has 1 aliphatic rings. The summed E-state index contributed by atoms with van der Waals surface area (Å²) in [6.07, 6.45) is 10.9. The van der Waals surface area contributed by atoms with Crippen LogP contribution in [0, 0.1) is 0 Å². The molecule has 1 aliphatic heterocycles. The largest absolute Gasteiger partial charge is 0.353 e. The van der Waals surface area contributed by atoms with Gasteiger partial charge in [-0.25, -0.2) is 9.97 Å². The fraction of sp³-hybridized carbons (Fsp3) is 0.333. The second kappa shape index (κ2) is 8.58. The van der Waals surface area contributed by atoms with Crippen molar-refractivity contribution in [2.75, 3.05) is 11.9 Å². The number of allylic oxidation sites excluding steroid dienone is 2. The van der Waals surface area contributed by atoms with Gasteiger partial charge >= 0.3 is 0 Å². The third-order valence-electron chi connectivity index (χ3n) is 4.17. The highest BCUT2D eigenvalue weighted by atomic mass is 35.5. The highest BCUT2D eigenvalue weighted by Crippen LogP contribution is 2.46. The number of nitrogens with zero attached hydrogens (tertiary/aromatic N) is 4. The van der Waals surface area contributed by atoms with E-state index in [0.717, 1.165) is 12.8 Å². The quantitative estimate of drug-likeness (QED) is 0.355. The average molecular weight is 407 g/mol. The van der Waals surface area contributed by atoms with Gasteiger partial charge in [0.05, 0.1) is 0 Å². The van der Waals surface area contributed by atoms with Crippen molar-refractivity contribution in [1.82, 2.24) is 24.8 Å². The first-order valence-corrected chi connectivity index (χ1v) is 10.6. The van der Waals surface area contributed by atoms with E-state index in [1.807, 2.05) is 19.1 Å². The fourth-order valence-electron chi connectivity index (χ4n) is 2.63. The Morgan fingerprint density at radius 1 is 1.33 bits per heavy atom. The Kier molecular flexibility index (Phi) is 6.18. The van der Waals surface area contributed by atoms with Gasteiger partial charge in [0.15, 0.2) is 4.87 Å². The van der Waals surface area contributed by atoms with Crippen LogP contribution in [0.1, 0.15) is 26.7 Å². The zero-order chi connectivity index (χ0) is 19.3. The number of hydrogen-bond acceptors (Lipinski definition) is 5. The van der Waals surface area contributed by atoms with Crippen LogP contribution in [0.3, 0.4) is 0 Å². The third kappa shape index (κ3) is 4.51. The van der Waals surface area contributed by atoms with Crippen LogP contribution < -0.4 is 10.6 Å². The maximum atomic E-state index is 13.0. The summed E-state index contributed by atoms with van der Waals surface area (Å²) >= 11 is 6.19. The fourth-order valence-corrected chi connectivity index (χ4v) is 4.64. The summed E-state index contributed by atoms with van der Waals surface area (Å²) in [6, 6.07) is 1.62. The first kappa shape index (κ1) is 19.4. The predicted molar refractivity (Wildman–Crippen MR) is 111 cm³/mol. The molecule has 0 saturated carbocycles. The summed E-state index contributed by atoms with van der Waals surface area (Å²) in [5, 5.41) is 10.7. The molecule has 2 N–H and O–H groups in total. The van der Waals surface area contributed by atoms with E-state index in [1.54, 1.807) is 29.4 Å². The number of thiol groups is 1. The van der Waals surface area contributed by atoms with E-state index < -0.39 is 15.8 Å². The van der Waals surface area contributed by atoms with E-state index in [0.29, 0.717) is 18.3 Å². The van der Waals surface area contributed by atoms with Crippen LogP contribution in [0.15, 0.2) is 47.8 Å². The van der Waals surface area contributed by atoms with Gasteiger partial charge in [0.1, 0.15) is 17.3 Å². The first-order chi connectivity index (χ1) is 13.0. The number of rotatable bonds is 8. The molecule has 0 aliphatic carbocycles. The number of aromatic nitrogens is 4. The average Bonchev–Trinajstić information content (AvgIpc) is 3.35. The van der Waals surface area contributed by atoms with Gasteiger partial charge in [-0.1, -0.05) is 37.1 Å². The molecule has 0 saturated heterocycles. The Hall–Kier alpha value is -2.32. The highest BCUT2D eigenvalue weighted by Gasteiger charge is 2.38. The molecule has 27 heavy (non-hydrogen) atoms. The van der Waals surface area contributed by atoms with Crippen LogP contribution >= 0.6 is 22.5 Å². The molecule has 3 heterocycles. The van der Waals surface area contributed by atoms with E-state index >= 15 is 0 Å². The predicted octanol–water partition coefficient (Wildman–Crippen LogP) is 3.40. The van der Waals surface area contributed by atoms with E-state index in [-0.39, 0.29) is 11.1 Å². The summed E-state index contributed by atoms with van der Waals surface area (Å²) in [4.78, 5) is 24.9. The molecule has 2 aromatic rings. The van der Waals surface area contributed by atoms with Gasteiger partial charge in [-0.2, -0.15) is 15.9 Å². The van der Waals surface area contributed by atoms with E-state index in [1.165, 1.54) is 0 Å². The molecule has 1 unspecified atom stereocenters. The van der Waals surface area contributed by atoms with Gasteiger partial charge in [0.2, 0.25) is 5.95 Å². The number of carbonyl (C=O) groups is 1. The Balaban J connectivity index is 1.89. The molecular weight excluding hydrogens is 384 g/mol. The van der Waals surface area contributed by atoms with Crippen LogP contribution in [-0.4, -0.2) is 36.8 Å². The Labute approximate surface area is 166 Å². The number of anilines is 1. The van der Waals surface area contributed by atoms with Gasteiger partial charge in [-0.15, -0.1) is 0 Å². The minimum atomic E-state index is -0.851. The van der Waals surface area contributed by atoms with Crippen LogP contribution in [0.5, 0.6) is 0 Å². The molecule has 1 atom stereocenters. The van der Waals surface area contributed by atoms with Gasteiger partial charge in [-0.05, 0) is 24.2 Å². The SMILES string of the molecule is CCCCNC(=O)C(C)(Nc1cc(Cl)nc(-n2ccnc2)n1)[SH]1C=CC=C1. The topological polar surface area (TPSA) is 84.7 Å². The van der Waals surface area contributed by atoms with Crippen molar-refractivity contribution in [3.8, 4) is 5.95 Å². The summed E-state index contributed by atoms with van der Waals surface area (Å²) < 4.78 is 1.66.